The smallest absolute Gasteiger partial charge is 0.126 e. The molecule has 0 amide bonds. The van der Waals surface area contributed by atoms with Gasteiger partial charge in [0.1, 0.15) is 5.82 Å². The second kappa shape index (κ2) is 8.98. The second-order valence-corrected chi connectivity index (χ2v) is 8.18. The second-order valence-electron chi connectivity index (χ2n) is 8.18. The third kappa shape index (κ3) is 4.94. The van der Waals surface area contributed by atoms with Gasteiger partial charge in [-0.15, -0.1) is 0 Å². The van der Waals surface area contributed by atoms with Gasteiger partial charge in [0.15, 0.2) is 0 Å². The van der Waals surface area contributed by atoms with Crippen LogP contribution in [0.5, 0.6) is 0 Å². The first-order valence-corrected chi connectivity index (χ1v) is 10.1. The van der Waals surface area contributed by atoms with Crippen LogP contribution in [0, 0.1) is 30.5 Å². The van der Waals surface area contributed by atoms with E-state index < -0.39 is 0 Å². The summed E-state index contributed by atoms with van der Waals surface area (Å²) in [4.78, 5) is 0. The molecule has 0 aliphatic heterocycles. The van der Waals surface area contributed by atoms with E-state index in [2.05, 4.69) is 18.2 Å². The molecular weight excluding hydrogens is 311 g/mol. The quantitative estimate of drug-likeness (QED) is 0.560. The average Bonchev–Trinajstić information content (AvgIpc) is 2.65. The van der Waals surface area contributed by atoms with E-state index in [4.69, 9.17) is 4.74 Å². The Balaban J connectivity index is 1.46. The van der Waals surface area contributed by atoms with Gasteiger partial charge >= 0.3 is 0 Å². The molecule has 0 heterocycles. The highest BCUT2D eigenvalue weighted by atomic mass is 19.1. The lowest BCUT2D eigenvalue weighted by Crippen LogP contribution is -2.25. The van der Waals surface area contributed by atoms with E-state index >= 15 is 0 Å². The summed E-state index contributed by atoms with van der Waals surface area (Å²) in [6.45, 7) is 2.58. The molecule has 1 aromatic carbocycles. The predicted octanol–water partition coefficient (Wildman–Crippen LogP) is 6.42. The molecular formula is C23H33FO. The van der Waals surface area contributed by atoms with Crippen molar-refractivity contribution in [2.45, 2.75) is 64.2 Å². The van der Waals surface area contributed by atoms with Crippen LogP contribution < -0.4 is 0 Å². The molecule has 0 N–H and O–H groups in total. The first-order chi connectivity index (χ1) is 12.2. The molecule has 0 saturated heterocycles. The van der Waals surface area contributed by atoms with E-state index in [1.54, 1.807) is 13.2 Å². The normalized spacial score (nSPS) is 30.7. The molecule has 25 heavy (non-hydrogen) atoms. The van der Waals surface area contributed by atoms with Gasteiger partial charge in [-0.1, -0.05) is 24.3 Å². The van der Waals surface area contributed by atoms with Crippen molar-refractivity contribution in [1.82, 2.24) is 0 Å². The minimum atomic E-state index is -0.0422. The van der Waals surface area contributed by atoms with Crippen molar-refractivity contribution < 1.29 is 9.13 Å². The average molecular weight is 345 g/mol. The van der Waals surface area contributed by atoms with E-state index in [0.717, 1.165) is 29.9 Å². The summed E-state index contributed by atoms with van der Waals surface area (Å²) in [5.41, 5.74) is 1.97. The number of halogens is 1. The Kier molecular flexibility index (Phi) is 6.70. The van der Waals surface area contributed by atoms with Gasteiger partial charge in [-0.25, -0.2) is 4.39 Å². The summed E-state index contributed by atoms with van der Waals surface area (Å²) in [5.74, 6) is 3.11. The predicted molar refractivity (Wildman–Crippen MR) is 102 cm³/mol. The van der Waals surface area contributed by atoms with Crippen LogP contribution in [0.1, 0.15) is 68.4 Å². The van der Waals surface area contributed by atoms with E-state index in [1.165, 1.54) is 56.9 Å². The van der Waals surface area contributed by atoms with Gasteiger partial charge in [0.25, 0.3) is 0 Å². The Morgan fingerprint density at radius 2 is 1.64 bits per heavy atom. The molecule has 2 aliphatic rings. The summed E-state index contributed by atoms with van der Waals surface area (Å²) < 4.78 is 18.9. The standard InChI is InChI=1S/C23H33FO/c1-17-5-8-22(16-23(17)24)21-13-11-20(12-14-21)19-9-6-18(7-10-19)4-3-15-25-2/h3-5,8,16,18-21H,6-7,9-15H2,1-2H3/b4-3+. The molecule has 1 aromatic rings. The van der Waals surface area contributed by atoms with Gasteiger partial charge in [0.05, 0.1) is 6.61 Å². The van der Waals surface area contributed by atoms with Gasteiger partial charge in [0, 0.05) is 7.11 Å². The summed E-state index contributed by atoms with van der Waals surface area (Å²) in [7, 11) is 1.75. The van der Waals surface area contributed by atoms with E-state index in [-0.39, 0.29) is 5.82 Å². The number of hydrogen-bond acceptors (Lipinski definition) is 1. The lowest BCUT2D eigenvalue weighted by molar-refractivity contribution is 0.171. The molecule has 2 aliphatic carbocycles. The topological polar surface area (TPSA) is 9.23 Å². The number of allylic oxidation sites excluding steroid dienone is 1. The zero-order valence-electron chi connectivity index (χ0n) is 15.8. The van der Waals surface area contributed by atoms with Crippen molar-refractivity contribution in [3.8, 4) is 0 Å². The van der Waals surface area contributed by atoms with Gasteiger partial charge in [-0.2, -0.15) is 0 Å². The third-order valence-corrected chi connectivity index (χ3v) is 6.59. The maximum Gasteiger partial charge on any atom is 0.126 e. The fraction of sp³-hybridized carbons (Fsp3) is 0.652. The van der Waals surface area contributed by atoms with Crippen LogP contribution in [-0.2, 0) is 4.74 Å². The first-order valence-electron chi connectivity index (χ1n) is 10.1. The van der Waals surface area contributed by atoms with Crippen LogP contribution in [0.15, 0.2) is 30.4 Å². The number of methoxy groups -OCH3 is 1. The Morgan fingerprint density at radius 3 is 2.24 bits per heavy atom. The van der Waals surface area contributed by atoms with E-state index in [0.29, 0.717) is 5.92 Å². The van der Waals surface area contributed by atoms with Crippen LogP contribution >= 0.6 is 0 Å². The molecule has 138 valence electrons. The minimum Gasteiger partial charge on any atom is -0.381 e. The SMILES string of the molecule is COC/C=C/C1CCC(C2CCC(c3ccc(C)c(F)c3)CC2)CC1. The molecule has 0 radical (unpaired) electrons. The van der Waals surface area contributed by atoms with Crippen LogP contribution in [0.2, 0.25) is 0 Å². The lowest BCUT2D eigenvalue weighted by Gasteiger charge is -2.37. The van der Waals surface area contributed by atoms with Gasteiger partial charge in [-0.05, 0) is 99.2 Å². The van der Waals surface area contributed by atoms with Gasteiger partial charge in [0.2, 0.25) is 0 Å². The fourth-order valence-electron chi connectivity index (χ4n) is 4.94. The van der Waals surface area contributed by atoms with Crippen LogP contribution in [-0.4, -0.2) is 13.7 Å². The van der Waals surface area contributed by atoms with Gasteiger partial charge in [-0.3, -0.25) is 0 Å². The number of rotatable bonds is 5. The van der Waals surface area contributed by atoms with Crippen molar-refractivity contribution in [2.75, 3.05) is 13.7 Å². The molecule has 2 heteroatoms. The van der Waals surface area contributed by atoms with Crippen molar-refractivity contribution in [3.05, 3.63) is 47.3 Å². The highest BCUT2D eigenvalue weighted by molar-refractivity contribution is 5.26. The molecule has 2 saturated carbocycles. The summed E-state index contributed by atoms with van der Waals surface area (Å²) in [5, 5.41) is 0. The number of aryl methyl sites for hydroxylation is 1. The Hall–Kier alpha value is -1.15. The van der Waals surface area contributed by atoms with E-state index in [9.17, 15) is 4.39 Å². The number of ether oxygens (including phenoxy) is 1. The van der Waals surface area contributed by atoms with Crippen LogP contribution in [0.3, 0.4) is 0 Å². The van der Waals surface area contributed by atoms with Crippen molar-refractivity contribution in [2.24, 2.45) is 17.8 Å². The molecule has 0 atom stereocenters. The first kappa shape index (κ1) is 18.6. The van der Waals surface area contributed by atoms with Crippen molar-refractivity contribution >= 4 is 0 Å². The molecule has 0 aromatic heterocycles. The molecule has 0 spiro atoms. The zero-order valence-corrected chi connectivity index (χ0v) is 15.8. The lowest BCUT2D eigenvalue weighted by atomic mass is 9.68. The maximum absolute atomic E-state index is 13.8. The van der Waals surface area contributed by atoms with Crippen LogP contribution in [0.25, 0.3) is 0 Å². The molecule has 2 fully saturated rings. The summed E-state index contributed by atoms with van der Waals surface area (Å²) >= 11 is 0. The Morgan fingerprint density at radius 1 is 1.00 bits per heavy atom. The summed E-state index contributed by atoms with van der Waals surface area (Å²) in [6.07, 6.45) is 15.1. The van der Waals surface area contributed by atoms with Crippen LogP contribution in [0.4, 0.5) is 4.39 Å². The Bertz CT molecular complexity index is 563. The Labute approximate surface area is 152 Å². The fourth-order valence-corrected chi connectivity index (χ4v) is 4.94. The largest absolute Gasteiger partial charge is 0.381 e. The third-order valence-electron chi connectivity index (χ3n) is 6.59. The monoisotopic (exact) mass is 344 g/mol. The molecule has 0 unspecified atom stereocenters. The molecule has 1 nitrogen and oxygen atoms in total. The molecule has 0 bridgehead atoms. The van der Waals surface area contributed by atoms with Crippen molar-refractivity contribution in [1.29, 1.82) is 0 Å². The van der Waals surface area contributed by atoms with E-state index in [1.807, 2.05) is 13.0 Å². The maximum atomic E-state index is 13.8. The zero-order chi connectivity index (χ0) is 17.6. The minimum absolute atomic E-state index is 0.0422. The van der Waals surface area contributed by atoms with Crippen molar-refractivity contribution in [3.63, 3.8) is 0 Å². The highest BCUT2D eigenvalue weighted by Crippen LogP contribution is 2.44. The highest BCUT2D eigenvalue weighted by Gasteiger charge is 2.30. The molecule has 3 rings (SSSR count). The number of benzene rings is 1. The summed E-state index contributed by atoms with van der Waals surface area (Å²) in [6, 6.07) is 5.86. The van der Waals surface area contributed by atoms with Gasteiger partial charge < -0.3 is 4.74 Å². The number of hydrogen-bond donors (Lipinski definition) is 0.